The van der Waals surface area contributed by atoms with Gasteiger partial charge < -0.3 is 0 Å². The summed E-state index contributed by atoms with van der Waals surface area (Å²) in [4.78, 5) is 2.38. The molecule has 1 unspecified atom stereocenters. The summed E-state index contributed by atoms with van der Waals surface area (Å²) in [7, 11) is -1.98. The first kappa shape index (κ1) is 16.4. The Morgan fingerprint density at radius 2 is 1.76 bits per heavy atom. The van der Waals surface area contributed by atoms with Gasteiger partial charge in [0, 0.05) is 19.6 Å². The van der Waals surface area contributed by atoms with Gasteiger partial charge in [0.15, 0.2) is 0 Å². The molecule has 0 aromatic heterocycles. The molecule has 1 atom stereocenters. The van der Waals surface area contributed by atoms with Gasteiger partial charge >= 0.3 is 0 Å². The third-order valence-electron chi connectivity index (χ3n) is 4.03. The van der Waals surface area contributed by atoms with Gasteiger partial charge in [0.25, 0.3) is 10.2 Å². The Balaban J connectivity index is 2.15. The van der Waals surface area contributed by atoms with Crippen molar-refractivity contribution in [1.29, 1.82) is 0 Å². The predicted molar refractivity (Wildman–Crippen MR) is 85.3 cm³/mol. The van der Waals surface area contributed by atoms with Crippen LogP contribution in [0.5, 0.6) is 0 Å². The summed E-state index contributed by atoms with van der Waals surface area (Å²) >= 11 is 0. The predicted octanol–water partition coefficient (Wildman–Crippen LogP) is 1.58. The Labute approximate surface area is 127 Å². The van der Waals surface area contributed by atoms with Crippen LogP contribution in [0.3, 0.4) is 0 Å². The van der Waals surface area contributed by atoms with Crippen molar-refractivity contribution < 1.29 is 8.42 Å². The van der Waals surface area contributed by atoms with E-state index in [0.717, 1.165) is 13.1 Å². The first-order valence-electron chi connectivity index (χ1n) is 7.50. The van der Waals surface area contributed by atoms with E-state index in [-0.39, 0.29) is 6.04 Å². The summed E-state index contributed by atoms with van der Waals surface area (Å²) in [5, 5.41) is 0. The van der Waals surface area contributed by atoms with Gasteiger partial charge in [-0.05, 0) is 38.4 Å². The number of rotatable bonds is 6. The van der Waals surface area contributed by atoms with E-state index in [4.69, 9.17) is 0 Å². The summed E-state index contributed by atoms with van der Waals surface area (Å²) < 4.78 is 28.2. The minimum Gasteiger partial charge on any atom is -0.295 e. The van der Waals surface area contributed by atoms with Crippen LogP contribution in [0.4, 0.5) is 0 Å². The maximum atomic E-state index is 11.6. The molecule has 0 radical (unpaired) electrons. The first-order valence-corrected chi connectivity index (χ1v) is 8.99. The second-order valence-corrected chi connectivity index (χ2v) is 7.28. The second-order valence-electron chi connectivity index (χ2n) is 5.58. The van der Waals surface area contributed by atoms with Crippen LogP contribution in [-0.4, -0.2) is 40.0 Å². The second kappa shape index (κ2) is 7.35. The van der Waals surface area contributed by atoms with Crippen molar-refractivity contribution >= 4 is 10.2 Å². The molecular formula is C15H25N3O2S. The van der Waals surface area contributed by atoms with Crippen LogP contribution in [0.1, 0.15) is 36.4 Å². The van der Waals surface area contributed by atoms with Gasteiger partial charge in [-0.25, -0.2) is 9.44 Å². The minimum atomic E-state index is -3.40. The fraction of sp³-hybridized carbons (Fsp3) is 0.600. The highest BCUT2D eigenvalue weighted by Gasteiger charge is 2.23. The highest BCUT2D eigenvalue weighted by atomic mass is 32.2. The Morgan fingerprint density at radius 3 is 2.33 bits per heavy atom. The lowest BCUT2D eigenvalue weighted by Crippen LogP contribution is -2.43. The van der Waals surface area contributed by atoms with Crippen molar-refractivity contribution in [2.24, 2.45) is 0 Å². The van der Waals surface area contributed by atoms with Gasteiger partial charge in [-0.1, -0.05) is 36.2 Å². The number of hydrogen-bond acceptors (Lipinski definition) is 3. The average molecular weight is 311 g/mol. The van der Waals surface area contributed by atoms with E-state index in [1.54, 1.807) is 0 Å². The van der Waals surface area contributed by atoms with Crippen molar-refractivity contribution in [3.8, 4) is 0 Å². The molecule has 0 spiro atoms. The molecule has 5 nitrogen and oxygen atoms in total. The molecule has 1 aliphatic rings. The lowest BCUT2D eigenvalue weighted by Gasteiger charge is -2.35. The molecule has 6 heteroatoms. The highest BCUT2D eigenvalue weighted by molar-refractivity contribution is 7.87. The molecule has 1 aromatic carbocycles. The Hall–Kier alpha value is -0.950. The molecule has 0 amide bonds. The number of nitrogens with zero attached hydrogens (tertiary/aromatic N) is 1. The Bertz CT molecular complexity index is 537. The van der Waals surface area contributed by atoms with Gasteiger partial charge in [-0.15, -0.1) is 0 Å². The van der Waals surface area contributed by atoms with E-state index in [9.17, 15) is 8.42 Å². The lowest BCUT2D eigenvalue weighted by atomic mass is 10.0. The summed E-state index contributed by atoms with van der Waals surface area (Å²) in [5.74, 6) is 0. The lowest BCUT2D eigenvalue weighted by molar-refractivity contribution is 0.164. The normalized spacial score (nSPS) is 18.6. The Morgan fingerprint density at radius 1 is 1.14 bits per heavy atom. The minimum absolute atomic E-state index is 0.0917. The molecular weight excluding hydrogens is 286 g/mol. The van der Waals surface area contributed by atoms with E-state index >= 15 is 0 Å². The van der Waals surface area contributed by atoms with Gasteiger partial charge in [-0.3, -0.25) is 4.90 Å². The SMILES string of the molecule is CNS(=O)(=O)NCC(c1ccc(C)cc1)N1CCCCC1. The zero-order valence-electron chi connectivity index (χ0n) is 12.8. The molecule has 0 bridgehead atoms. The summed E-state index contributed by atoms with van der Waals surface area (Å²) in [5.41, 5.74) is 2.38. The molecule has 2 rings (SSSR count). The molecule has 1 saturated heterocycles. The molecule has 2 N–H and O–H groups in total. The van der Waals surface area contributed by atoms with Crippen molar-refractivity contribution in [2.75, 3.05) is 26.7 Å². The van der Waals surface area contributed by atoms with Crippen molar-refractivity contribution in [1.82, 2.24) is 14.3 Å². The van der Waals surface area contributed by atoms with Crippen LogP contribution >= 0.6 is 0 Å². The van der Waals surface area contributed by atoms with E-state index < -0.39 is 10.2 Å². The first-order chi connectivity index (χ1) is 10.0. The number of hydrogen-bond donors (Lipinski definition) is 2. The van der Waals surface area contributed by atoms with E-state index in [0.29, 0.717) is 6.54 Å². The topological polar surface area (TPSA) is 61.4 Å². The van der Waals surface area contributed by atoms with Crippen LogP contribution in [-0.2, 0) is 10.2 Å². The zero-order chi connectivity index (χ0) is 15.3. The van der Waals surface area contributed by atoms with Crippen LogP contribution in [0.15, 0.2) is 24.3 Å². The number of nitrogens with one attached hydrogen (secondary N) is 2. The molecule has 21 heavy (non-hydrogen) atoms. The van der Waals surface area contributed by atoms with Gasteiger partial charge in [0.2, 0.25) is 0 Å². The van der Waals surface area contributed by atoms with E-state index in [1.165, 1.54) is 37.4 Å². The quantitative estimate of drug-likeness (QED) is 0.838. The molecule has 118 valence electrons. The smallest absolute Gasteiger partial charge is 0.276 e. The number of likely N-dealkylation sites (tertiary alicyclic amines) is 1. The fourth-order valence-corrected chi connectivity index (χ4v) is 3.26. The molecule has 1 fully saturated rings. The maximum Gasteiger partial charge on any atom is 0.276 e. The number of aryl methyl sites for hydroxylation is 1. The van der Waals surface area contributed by atoms with Gasteiger partial charge in [0.1, 0.15) is 0 Å². The molecule has 1 aliphatic heterocycles. The van der Waals surface area contributed by atoms with Crippen LogP contribution < -0.4 is 9.44 Å². The van der Waals surface area contributed by atoms with Crippen molar-refractivity contribution in [3.63, 3.8) is 0 Å². The van der Waals surface area contributed by atoms with E-state index in [1.807, 2.05) is 0 Å². The van der Waals surface area contributed by atoms with Crippen molar-refractivity contribution in [2.45, 2.75) is 32.2 Å². The summed E-state index contributed by atoms with van der Waals surface area (Å²) in [6.45, 7) is 4.51. The molecule has 1 heterocycles. The fourth-order valence-electron chi connectivity index (χ4n) is 2.74. The molecule has 0 saturated carbocycles. The summed E-state index contributed by atoms with van der Waals surface area (Å²) in [6, 6.07) is 8.46. The average Bonchev–Trinajstić information content (AvgIpc) is 2.50. The molecule has 1 aromatic rings. The number of piperidine rings is 1. The van der Waals surface area contributed by atoms with Crippen LogP contribution in [0.25, 0.3) is 0 Å². The third-order valence-corrected chi connectivity index (χ3v) is 5.11. The zero-order valence-corrected chi connectivity index (χ0v) is 13.6. The van der Waals surface area contributed by atoms with Gasteiger partial charge in [-0.2, -0.15) is 8.42 Å². The van der Waals surface area contributed by atoms with Crippen LogP contribution in [0, 0.1) is 6.92 Å². The summed E-state index contributed by atoms with van der Waals surface area (Å²) in [6.07, 6.45) is 3.63. The van der Waals surface area contributed by atoms with Crippen LogP contribution in [0.2, 0.25) is 0 Å². The van der Waals surface area contributed by atoms with Gasteiger partial charge in [0.05, 0.1) is 0 Å². The highest BCUT2D eigenvalue weighted by Crippen LogP contribution is 2.24. The standard InChI is InChI=1S/C15H25N3O2S/c1-13-6-8-14(9-7-13)15(12-17-21(19,20)16-2)18-10-4-3-5-11-18/h6-9,15-17H,3-5,10-12H2,1-2H3. The Kier molecular flexibility index (Phi) is 5.75. The van der Waals surface area contributed by atoms with Crippen molar-refractivity contribution in [3.05, 3.63) is 35.4 Å². The molecule has 0 aliphatic carbocycles. The maximum absolute atomic E-state index is 11.6. The number of benzene rings is 1. The van der Waals surface area contributed by atoms with E-state index in [2.05, 4.69) is 45.5 Å². The third kappa shape index (κ3) is 4.78. The monoisotopic (exact) mass is 311 g/mol. The largest absolute Gasteiger partial charge is 0.295 e.